The van der Waals surface area contributed by atoms with Gasteiger partial charge in [0.05, 0.1) is 6.61 Å². The van der Waals surface area contributed by atoms with Crippen molar-refractivity contribution in [2.45, 2.75) is 52.1 Å². The van der Waals surface area contributed by atoms with E-state index in [1.54, 1.807) is 12.1 Å². The fraction of sp³-hybridized carbons (Fsp3) is 0.706. The molecule has 6 nitrogen and oxygen atoms in total. The number of hydrogen-bond acceptors (Lipinski definition) is 5. The van der Waals surface area contributed by atoms with Crippen LogP contribution in [0.25, 0.3) is 0 Å². The van der Waals surface area contributed by atoms with Crippen LogP contribution in [-0.4, -0.2) is 46.5 Å². The van der Waals surface area contributed by atoms with Crippen molar-refractivity contribution in [3.63, 3.8) is 0 Å². The van der Waals surface area contributed by atoms with Crippen molar-refractivity contribution in [2.24, 2.45) is 5.92 Å². The van der Waals surface area contributed by atoms with Gasteiger partial charge in [-0.25, -0.2) is 4.79 Å². The van der Waals surface area contributed by atoms with E-state index in [0.29, 0.717) is 23.6 Å². The highest BCUT2D eigenvalue weighted by molar-refractivity contribution is 6.29. The van der Waals surface area contributed by atoms with Crippen molar-refractivity contribution >= 4 is 17.7 Å². The van der Waals surface area contributed by atoms with Crippen LogP contribution in [0.2, 0.25) is 5.15 Å². The smallest absolute Gasteiger partial charge is 0.410 e. The maximum atomic E-state index is 12.0. The lowest BCUT2D eigenvalue weighted by Crippen LogP contribution is -2.41. The highest BCUT2D eigenvalue weighted by atomic mass is 35.5. The van der Waals surface area contributed by atoms with Gasteiger partial charge >= 0.3 is 6.09 Å². The second-order valence-corrected chi connectivity index (χ2v) is 7.48. The lowest BCUT2D eigenvalue weighted by Gasteiger charge is -2.33. The van der Waals surface area contributed by atoms with Crippen LogP contribution >= 0.6 is 11.6 Å². The van der Waals surface area contributed by atoms with Gasteiger partial charge in [-0.3, -0.25) is 0 Å². The molecule has 0 aliphatic carbocycles. The van der Waals surface area contributed by atoms with E-state index in [4.69, 9.17) is 21.1 Å². The Balaban J connectivity index is 1.61. The number of halogens is 1. The molecule has 1 aromatic rings. The van der Waals surface area contributed by atoms with E-state index < -0.39 is 5.60 Å². The molecule has 134 valence electrons. The van der Waals surface area contributed by atoms with Crippen LogP contribution in [0.5, 0.6) is 5.88 Å². The zero-order valence-electron chi connectivity index (χ0n) is 14.6. The molecule has 0 radical (unpaired) electrons. The molecule has 0 bridgehead atoms. The molecule has 1 fully saturated rings. The molecule has 24 heavy (non-hydrogen) atoms. The maximum Gasteiger partial charge on any atom is 0.410 e. The second kappa shape index (κ2) is 8.51. The molecule has 1 aliphatic heterocycles. The zero-order valence-corrected chi connectivity index (χ0v) is 15.4. The largest absolute Gasteiger partial charge is 0.477 e. The van der Waals surface area contributed by atoms with Gasteiger partial charge in [0.15, 0.2) is 5.15 Å². The third-order valence-electron chi connectivity index (χ3n) is 3.88. The van der Waals surface area contributed by atoms with Gasteiger partial charge in [0, 0.05) is 19.2 Å². The van der Waals surface area contributed by atoms with Crippen LogP contribution in [0.15, 0.2) is 12.1 Å². The number of likely N-dealkylation sites (tertiary alicyclic amines) is 1. The van der Waals surface area contributed by atoms with Crippen LogP contribution in [0.4, 0.5) is 4.79 Å². The SMILES string of the molecule is CC(C)(C)OC(=O)N1CCC(CCCOc2ccc(Cl)nn2)CC1. The quantitative estimate of drug-likeness (QED) is 0.748. The van der Waals surface area contributed by atoms with Crippen molar-refractivity contribution in [1.29, 1.82) is 0 Å². The van der Waals surface area contributed by atoms with E-state index in [1.807, 2.05) is 25.7 Å². The van der Waals surface area contributed by atoms with Crippen LogP contribution < -0.4 is 4.74 Å². The fourth-order valence-corrected chi connectivity index (χ4v) is 2.76. The number of rotatable bonds is 5. The van der Waals surface area contributed by atoms with Gasteiger partial charge in [-0.1, -0.05) is 11.6 Å². The molecule has 0 unspecified atom stereocenters. The number of amides is 1. The third-order valence-corrected chi connectivity index (χ3v) is 4.08. The van der Waals surface area contributed by atoms with Crippen molar-refractivity contribution in [3.8, 4) is 5.88 Å². The standard InChI is InChI=1S/C17H26ClN3O3/c1-17(2,3)24-16(22)21-10-8-13(9-11-21)5-4-12-23-15-7-6-14(18)19-20-15/h6-7,13H,4-5,8-12H2,1-3H3. The van der Waals surface area contributed by atoms with E-state index in [2.05, 4.69) is 10.2 Å². The Morgan fingerprint density at radius 3 is 2.58 bits per heavy atom. The molecule has 1 aliphatic rings. The number of aromatic nitrogens is 2. The molecule has 0 N–H and O–H groups in total. The van der Waals surface area contributed by atoms with Crippen molar-refractivity contribution in [3.05, 3.63) is 17.3 Å². The summed E-state index contributed by atoms with van der Waals surface area (Å²) in [7, 11) is 0. The molecule has 0 spiro atoms. The summed E-state index contributed by atoms with van der Waals surface area (Å²) in [6.07, 6.45) is 3.87. The van der Waals surface area contributed by atoms with E-state index in [9.17, 15) is 4.79 Å². The summed E-state index contributed by atoms with van der Waals surface area (Å²) in [5.74, 6) is 1.13. The van der Waals surface area contributed by atoms with Gasteiger partial charge < -0.3 is 14.4 Å². The summed E-state index contributed by atoms with van der Waals surface area (Å²) in [6, 6.07) is 3.38. The van der Waals surface area contributed by atoms with Crippen LogP contribution in [0.1, 0.15) is 46.5 Å². The molecule has 1 aromatic heterocycles. The predicted octanol–water partition coefficient (Wildman–Crippen LogP) is 3.94. The number of hydrogen-bond donors (Lipinski definition) is 0. The number of ether oxygens (including phenoxy) is 2. The van der Waals surface area contributed by atoms with Gasteiger partial charge in [-0.2, -0.15) is 0 Å². The molecular formula is C17H26ClN3O3. The highest BCUT2D eigenvalue weighted by Crippen LogP contribution is 2.23. The van der Waals surface area contributed by atoms with Crippen molar-refractivity contribution in [1.82, 2.24) is 15.1 Å². The zero-order chi connectivity index (χ0) is 17.6. The molecule has 1 amide bonds. The Labute approximate surface area is 148 Å². The average molecular weight is 356 g/mol. The molecule has 0 aromatic carbocycles. The summed E-state index contributed by atoms with van der Waals surface area (Å²) in [5, 5.41) is 7.96. The Bertz CT molecular complexity index is 523. The molecule has 7 heteroatoms. The summed E-state index contributed by atoms with van der Waals surface area (Å²) >= 11 is 5.68. The van der Waals surface area contributed by atoms with E-state index >= 15 is 0 Å². The van der Waals surface area contributed by atoms with E-state index in [-0.39, 0.29) is 6.09 Å². The second-order valence-electron chi connectivity index (χ2n) is 7.10. The highest BCUT2D eigenvalue weighted by Gasteiger charge is 2.26. The van der Waals surface area contributed by atoms with Crippen LogP contribution in [0, 0.1) is 5.92 Å². The summed E-state index contributed by atoms with van der Waals surface area (Å²) in [4.78, 5) is 13.8. The van der Waals surface area contributed by atoms with Crippen molar-refractivity contribution < 1.29 is 14.3 Å². The normalized spacial score (nSPS) is 16.1. The Hall–Kier alpha value is -1.56. The molecule has 0 atom stereocenters. The summed E-state index contributed by atoms with van der Waals surface area (Å²) < 4.78 is 11.0. The number of piperidine rings is 1. The lowest BCUT2D eigenvalue weighted by molar-refractivity contribution is 0.0179. The van der Waals surface area contributed by atoms with Gasteiger partial charge in [-0.05, 0) is 58.4 Å². The van der Waals surface area contributed by atoms with Gasteiger partial charge in [0.1, 0.15) is 5.60 Å². The van der Waals surface area contributed by atoms with E-state index in [1.165, 1.54) is 0 Å². The maximum absolute atomic E-state index is 12.0. The third kappa shape index (κ3) is 6.51. The fourth-order valence-electron chi connectivity index (χ4n) is 2.66. The first-order chi connectivity index (χ1) is 11.3. The minimum Gasteiger partial charge on any atom is -0.477 e. The van der Waals surface area contributed by atoms with Crippen LogP contribution in [-0.2, 0) is 4.74 Å². The summed E-state index contributed by atoms with van der Waals surface area (Å²) in [6.45, 7) is 7.82. The predicted molar refractivity (Wildman–Crippen MR) is 92.3 cm³/mol. The molecule has 2 rings (SSSR count). The monoisotopic (exact) mass is 355 g/mol. The van der Waals surface area contributed by atoms with E-state index in [0.717, 1.165) is 38.8 Å². The topological polar surface area (TPSA) is 64.5 Å². The molecule has 2 heterocycles. The van der Waals surface area contributed by atoms with Gasteiger partial charge in [0.2, 0.25) is 5.88 Å². The van der Waals surface area contributed by atoms with Crippen molar-refractivity contribution in [2.75, 3.05) is 19.7 Å². The van der Waals surface area contributed by atoms with Gasteiger partial charge in [-0.15, -0.1) is 10.2 Å². The Morgan fingerprint density at radius 2 is 2.00 bits per heavy atom. The van der Waals surface area contributed by atoms with Crippen LogP contribution in [0.3, 0.4) is 0 Å². The Morgan fingerprint density at radius 1 is 1.29 bits per heavy atom. The molecular weight excluding hydrogens is 330 g/mol. The first kappa shape index (κ1) is 18.8. The number of carbonyl (C=O) groups excluding carboxylic acids is 1. The number of nitrogens with zero attached hydrogens (tertiary/aromatic N) is 3. The minimum atomic E-state index is -0.435. The first-order valence-corrected chi connectivity index (χ1v) is 8.81. The summed E-state index contributed by atoms with van der Waals surface area (Å²) in [5.41, 5.74) is -0.435. The minimum absolute atomic E-state index is 0.203. The molecule has 0 saturated carbocycles. The average Bonchev–Trinajstić information content (AvgIpc) is 2.52. The molecule has 1 saturated heterocycles. The Kier molecular flexibility index (Phi) is 6.66. The van der Waals surface area contributed by atoms with Gasteiger partial charge in [0.25, 0.3) is 0 Å². The number of carbonyl (C=O) groups is 1. The lowest BCUT2D eigenvalue weighted by atomic mass is 9.92. The first-order valence-electron chi connectivity index (χ1n) is 8.43.